The van der Waals surface area contributed by atoms with Crippen molar-refractivity contribution in [2.24, 2.45) is 0 Å². The molecule has 0 spiro atoms. The first kappa shape index (κ1) is 21.4. The van der Waals surface area contributed by atoms with Crippen LogP contribution in [0.4, 0.5) is 11.5 Å². The molecule has 0 N–H and O–H groups in total. The van der Waals surface area contributed by atoms with Gasteiger partial charge in [-0.25, -0.2) is 9.97 Å². The third kappa shape index (κ3) is 5.87. The Morgan fingerprint density at radius 2 is 1.68 bits per heavy atom. The molecule has 0 amide bonds. The lowest BCUT2D eigenvalue weighted by atomic mass is 10.2. The quantitative estimate of drug-likeness (QED) is 0.457. The molecule has 10 heteroatoms. The molecule has 0 radical (unpaired) electrons. The maximum Gasteiger partial charge on any atom is 0.269 e. The number of nitro benzene ring substituents is 1. The van der Waals surface area contributed by atoms with Gasteiger partial charge in [-0.15, -0.1) is 0 Å². The molecule has 2 fully saturated rings. The van der Waals surface area contributed by atoms with Crippen molar-refractivity contribution in [3.63, 3.8) is 0 Å². The van der Waals surface area contributed by atoms with Crippen LogP contribution in [-0.2, 0) is 11.3 Å². The Morgan fingerprint density at radius 1 is 0.968 bits per heavy atom. The first-order valence-electron chi connectivity index (χ1n) is 10.6. The summed E-state index contributed by atoms with van der Waals surface area (Å²) in [6.07, 6.45) is 3.37. The van der Waals surface area contributed by atoms with Crippen molar-refractivity contribution in [1.29, 1.82) is 0 Å². The molecule has 2 aromatic rings. The molecule has 0 aliphatic carbocycles. The van der Waals surface area contributed by atoms with Crippen LogP contribution in [0.3, 0.4) is 0 Å². The van der Waals surface area contributed by atoms with E-state index in [1.165, 1.54) is 0 Å². The number of nitro groups is 1. The van der Waals surface area contributed by atoms with Gasteiger partial charge >= 0.3 is 0 Å². The molecular weight excluding hydrogens is 400 g/mol. The van der Waals surface area contributed by atoms with E-state index in [0.29, 0.717) is 12.5 Å². The summed E-state index contributed by atoms with van der Waals surface area (Å²) < 4.78 is 11.4. The summed E-state index contributed by atoms with van der Waals surface area (Å²) >= 11 is 0. The third-order valence-electron chi connectivity index (χ3n) is 5.62. The van der Waals surface area contributed by atoms with Crippen LogP contribution >= 0.6 is 0 Å². The van der Waals surface area contributed by atoms with E-state index in [1.807, 2.05) is 12.1 Å². The first-order chi connectivity index (χ1) is 15.2. The molecule has 1 aromatic heterocycles. The monoisotopic (exact) mass is 428 g/mol. The van der Waals surface area contributed by atoms with Crippen LogP contribution in [0.5, 0.6) is 5.88 Å². The number of non-ortho nitro benzene ring substituents is 1. The van der Waals surface area contributed by atoms with Crippen LogP contribution in [0.15, 0.2) is 36.7 Å². The smallest absolute Gasteiger partial charge is 0.269 e. The van der Waals surface area contributed by atoms with Crippen LogP contribution in [0, 0.1) is 10.1 Å². The predicted octanol–water partition coefficient (Wildman–Crippen LogP) is 1.42. The number of hydrogen-bond donors (Lipinski definition) is 0. The molecule has 4 rings (SSSR count). The van der Waals surface area contributed by atoms with Gasteiger partial charge in [0.15, 0.2) is 5.82 Å². The zero-order valence-electron chi connectivity index (χ0n) is 17.6. The minimum atomic E-state index is -0.371. The van der Waals surface area contributed by atoms with Crippen molar-refractivity contribution >= 4 is 11.5 Å². The second-order valence-electron chi connectivity index (χ2n) is 7.67. The summed E-state index contributed by atoms with van der Waals surface area (Å²) in [5.74, 6) is 1.37. The van der Waals surface area contributed by atoms with E-state index in [1.54, 1.807) is 24.5 Å². The summed E-state index contributed by atoms with van der Waals surface area (Å²) in [7, 11) is 0. The second kappa shape index (κ2) is 10.5. The van der Waals surface area contributed by atoms with E-state index in [-0.39, 0.29) is 10.6 Å². The molecule has 2 aliphatic rings. The summed E-state index contributed by atoms with van der Waals surface area (Å²) in [5, 5.41) is 10.8. The zero-order chi connectivity index (χ0) is 21.5. The molecule has 31 heavy (non-hydrogen) atoms. The summed E-state index contributed by atoms with van der Waals surface area (Å²) in [6, 6.07) is 6.78. The Labute approximate surface area is 181 Å². The van der Waals surface area contributed by atoms with Gasteiger partial charge in [0.1, 0.15) is 6.61 Å². The van der Waals surface area contributed by atoms with Gasteiger partial charge in [0.05, 0.1) is 18.1 Å². The Hall–Kier alpha value is -2.82. The predicted molar refractivity (Wildman–Crippen MR) is 115 cm³/mol. The highest BCUT2D eigenvalue weighted by atomic mass is 16.6. The molecule has 166 valence electrons. The van der Waals surface area contributed by atoms with Gasteiger partial charge in [0.2, 0.25) is 0 Å². The highest BCUT2D eigenvalue weighted by molar-refractivity contribution is 5.48. The number of morpholine rings is 1. The second-order valence-corrected chi connectivity index (χ2v) is 7.67. The number of nitrogens with zero attached hydrogens (tertiary/aromatic N) is 6. The number of anilines is 1. The number of piperazine rings is 1. The van der Waals surface area contributed by atoms with Gasteiger partial charge in [-0.2, -0.15) is 0 Å². The minimum Gasteiger partial charge on any atom is -0.474 e. The average Bonchev–Trinajstić information content (AvgIpc) is 2.81. The summed E-state index contributed by atoms with van der Waals surface area (Å²) in [6.45, 7) is 9.03. The molecule has 0 atom stereocenters. The van der Waals surface area contributed by atoms with E-state index in [0.717, 1.165) is 77.0 Å². The fourth-order valence-electron chi connectivity index (χ4n) is 3.83. The topological polar surface area (TPSA) is 97.1 Å². The van der Waals surface area contributed by atoms with E-state index in [2.05, 4.69) is 24.7 Å². The lowest BCUT2D eigenvalue weighted by molar-refractivity contribution is -0.384. The van der Waals surface area contributed by atoms with E-state index in [4.69, 9.17) is 9.47 Å². The van der Waals surface area contributed by atoms with Crippen LogP contribution < -0.4 is 9.64 Å². The number of hydrogen-bond acceptors (Lipinski definition) is 9. The van der Waals surface area contributed by atoms with Crippen molar-refractivity contribution < 1.29 is 14.4 Å². The minimum absolute atomic E-state index is 0.123. The van der Waals surface area contributed by atoms with Gasteiger partial charge in [-0.05, 0) is 5.56 Å². The molecule has 0 saturated carbocycles. The van der Waals surface area contributed by atoms with Gasteiger partial charge in [-0.1, -0.05) is 12.1 Å². The standard InChI is InChI=1S/C21H28N6O4/c28-27(29)19-3-1-18(2-4-19)17-25-7-9-26(10-8-25)20-21(23-6-5-22-20)31-16-13-24-11-14-30-15-12-24/h1-6H,7-17H2. The van der Waals surface area contributed by atoms with Gasteiger partial charge in [0.25, 0.3) is 11.6 Å². The largest absolute Gasteiger partial charge is 0.474 e. The lowest BCUT2D eigenvalue weighted by Gasteiger charge is -2.35. The van der Waals surface area contributed by atoms with Crippen molar-refractivity contribution in [3.05, 3.63) is 52.3 Å². The number of ether oxygens (including phenoxy) is 2. The molecule has 0 unspecified atom stereocenters. The highest BCUT2D eigenvalue weighted by Crippen LogP contribution is 2.24. The Kier molecular flexibility index (Phi) is 7.23. The molecular formula is C21H28N6O4. The zero-order valence-corrected chi connectivity index (χ0v) is 17.6. The summed E-state index contributed by atoms with van der Waals surface area (Å²) in [4.78, 5) is 26.3. The van der Waals surface area contributed by atoms with Gasteiger partial charge < -0.3 is 14.4 Å². The summed E-state index contributed by atoms with van der Waals surface area (Å²) in [5.41, 5.74) is 1.20. The van der Waals surface area contributed by atoms with Gasteiger partial charge in [0, 0.05) is 76.9 Å². The van der Waals surface area contributed by atoms with Crippen molar-refractivity contribution in [2.45, 2.75) is 6.54 Å². The third-order valence-corrected chi connectivity index (χ3v) is 5.62. The van der Waals surface area contributed by atoms with Crippen LogP contribution in [-0.4, -0.2) is 90.3 Å². The highest BCUT2D eigenvalue weighted by Gasteiger charge is 2.22. The lowest BCUT2D eigenvalue weighted by Crippen LogP contribution is -2.46. The molecule has 3 heterocycles. The fourth-order valence-corrected chi connectivity index (χ4v) is 3.83. The Morgan fingerprint density at radius 3 is 2.39 bits per heavy atom. The Bertz CT molecular complexity index is 851. The normalized spacial score (nSPS) is 18.1. The molecule has 10 nitrogen and oxygen atoms in total. The number of rotatable bonds is 8. The van der Waals surface area contributed by atoms with Crippen LogP contribution in [0.25, 0.3) is 0 Å². The van der Waals surface area contributed by atoms with Crippen molar-refractivity contribution in [2.75, 3.05) is 70.5 Å². The van der Waals surface area contributed by atoms with Crippen LogP contribution in [0.1, 0.15) is 5.56 Å². The van der Waals surface area contributed by atoms with Crippen LogP contribution in [0.2, 0.25) is 0 Å². The first-order valence-corrected chi connectivity index (χ1v) is 10.6. The number of aromatic nitrogens is 2. The van der Waals surface area contributed by atoms with E-state index in [9.17, 15) is 10.1 Å². The van der Waals surface area contributed by atoms with E-state index < -0.39 is 0 Å². The maximum absolute atomic E-state index is 10.8. The van der Waals surface area contributed by atoms with E-state index >= 15 is 0 Å². The Balaban J connectivity index is 1.27. The maximum atomic E-state index is 10.8. The van der Waals surface area contributed by atoms with Crippen molar-refractivity contribution in [1.82, 2.24) is 19.8 Å². The fraction of sp³-hybridized carbons (Fsp3) is 0.524. The molecule has 0 bridgehead atoms. The van der Waals surface area contributed by atoms with Gasteiger partial charge in [-0.3, -0.25) is 19.9 Å². The SMILES string of the molecule is O=[N+]([O-])c1ccc(CN2CCN(c3nccnc3OCCN3CCOCC3)CC2)cc1. The molecule has 2 aliphatic heterocycles. The number of benzene rings is 1. The molecule has 1 aromatic carbocycles. The molecule has 2 saturated heterocycles. The average molecular weight is 428 g/mol. The van der Waals surface area contributed by atoms with Crippen molar-refractivity contribution in [3.8, 4) is 5.88 Å².